The van der Waals surface area contributed by atoms with E-state index in [-0.39, 0.29) is 0 Å². The van der Waals surface area contributed by atoms with Crippen molar-refractivity contribution in [1.82, 2.24) is 9.13 Å². The monoisotopic (exact) mass is 935 g/mol. The zero-order valence-corrected chi connectivity index (χ0v) is 38.8. The number of hydrogen-bond donors (Lipinski definition) is 0. The van der Waals surface area contributed by atoms with E-state index < -0.39 is 0 Å². The van der Waals surface area contributed by atoms with Crippen LogP contribution in [0, 0.1) is 0 Å². The second-order valence-corrected chi connectivity index (χ2v) is 19.1. The zero-order chi connectivity index (χ0) is 47.5. The van der Waals surface area contributed by atoms with Crippen molar-refractivity contribution in [3.8, 4) is 11.4 Å². The van der Waals surface area contributed by atoms with Gasteiger partial charge in [-0.1, -0.05) is 109 Å². The molecule has 0 radical (unpaired) electrons. The van der Waals surface area contributed by atoms with E-state index in [0.717, 1.165) is 160 Å². The van der Waals surface area contributed by atoms with Gasteiger partial charge in [0, 0.05) is 76.6 Å². The predicted molar refractivity (Wildman–Crippen MR) is 299 cm³/mol. The normalized spacial score (nSPS) is 12.4. The second kappa shape index (κ2) is 14.3. The molecule has 6 heterocycles. The van der Waals surface area contributed by atoms with Crippen molar-refractivity contribution in [2.45, 2.75) is 0 Å². The van der Waals surface area contributed by atoms with Crippen LogP contribution in [0.5, 0.6) is 0 Å². The highest BCUT2D eigenvalue weighted by atomic mass is 16.3. The van der Waals surface area contributed by atoms with E-state index in [0.29, 0.717) is 0 Å². The number of nitrogens with zero attached hydrogens (tertiary/aromatic N) is 3. The van der Waals surface area contributed by atoms with Crippen LogP contribution in [-0.4, -0.2) is 9.13 Å². The molecule has 340 valence electrons. The topological polar surface area (TPSA) is 65.7 Å². The lowest BCUT2D eigenvalue weighted by Crippen LogP contribution is -2.11. The van der Waals surface area contributed by atoms with Gasteiger partial charge >= 0.3 is 0 Å². The van der Waals surface area contributed by atoms with Gasteiger partial charge in [0.15, 0.2) is 0 Å². The van der Waals surface area contributed by atoms with E-state index in [4.69, 9.17) is 17.7 Å². The van der Waals surface area contributed by atoms with Crippen molar-refractivity contribution in [1.29, 1.82) is 0 Å². The number of para-hydroxylation sites is 6. The van der Waals surface area contributed by atoms with Crippen LogP contribution in [0.1, 0.15) is 0 Å². The van der Waals surface area contributed by atoms with Crippen LogP contribution in [-0.2, 0) is 0 Å². The van der Waals surface area contributed by atoms with Crippen molar-refractivity contribution in [2.75, 3.05) is 4.90 Å². The maximum absolute atomic E-state index is 7.58. The van der Waals surface area contributed by atoms with Crippen LogP contribution in [0.3, 0.4) is 0 Å². The lowest BCUT2D eigenvalue weighted by Gasteiger charge is -2.27. The number of benzene rings is 11. The molecule has 0 fully saturated rings. The van der Waals surface area contributed by atoms with Gasteiger partial charge in [-0.2, -0.15) is 0 Å². The Morgan fingerprint density at radius 3 is 1.38 bits per heavy atom. The Hall–Kier alpha value is -9.98. The minimum absolute atomic E-state index is 0.832. The highest BCUT2D eigenvalue weighted by Crippen LogP contribution is 2.51. The molecule has 0 saturated carbocycles. The Morgan fingerprint density at radius 2 is 0.753 bits per heavy atom. The molecule has 0 aliphatic heterocycles. The van der Waals surface area contributed by atoms with E-state index in [2.05, 4.69) is 202 Å². The molecule has 0 aliphatic carbocycles. The molecule has 0 atom stereocenters. The van der Waals surface area contributed by atoms with E-state index in [1.807, 2.05) is 36.4 Å². The Labute approximate surface area is 414 Å². The zero-order valence-electron chi connectivity index (χ0n) is 38.8. The van der Waals surface area contributed by atoms with Gasteiger partial charge < -0.3 is 31.7 Å². The molecule has 7 heteroatoms. The second-order valence-electron chi connectivity index (χ2n) is 19.1. The highest BCUT2D eigenvalue weighted by Gasteiger charge is 2.29. The quantitative estimate of drug-likeness (QED) is 0.172. The van der Waals surface area contributed by atoms with E-state index in [1.165, 1.54) is 0 Å². The third-order valence-electron chi connectivity index (χ3n) is 15.3. The van der Waals surface area contributed by atoms with Crippen LogP contribution in [0.2, 0.25) is 0 Å². The predicted octanol–water partition coefficient (Wildman–Crippen LogP) is 18.9. The highest BCUT2D eigenvalue weighted by molar-refractivity contribution is 6.31. The summed E-state index contributed by atoms with van der Waals surface area (Å²) in [6.07, 6.45) is 0. The molecule has 0 amide bonds. The summed E-state index contributed by atoms with van der Waals surface area (Å²) >= 11 is 0. The van der Waals surface area contributed by atoms with Crippen LogP contribution >= 0.6 is 0 Å². The van der Waals surface area contributed by atoms with Crippen LogP contribution in [0.15, 0.2) is 242 Å². The average Bonchev–Trinajstić information content (AvgIpc) is 4.31. The van der Waals surface area contributed by atoms with Crippen LogP contribution in [0.4, 0.5) is 17.1 Å². The van der Waals surface area contributed by atoms with E-state index in [1.54, 1.807) is 0 Å². The first kappa shape index (κ1) is 38.8. The minimum atomic E-state index is 0.832. The first-order valence-electron chi connectivity index (χ1n) is 24.6. The number of furan rings is 4. The molecular formula is C66H37N3O4. The Balaban J connectivity index is 1.02. The fraction of sp³-hybridized carbons (Fsp3) is 0. The maximum atomic E-state index is 7.58. The average molecular weight is 936 g/mol. The standard InChI is InChI=1S/C66H37N3O4/c1-2-14-38(15-3-1)67(39-26-31-59-48(34-39)42-16-6-11-23-56(42)70-59)55-37-51-45-29-30-54-62(46-19-4-9-21-52(46)68(54)40-27-32-60-49(35-40)43-17-7-12-24-57(43)71-60)65(45)73-66(51)63-47-20-5-10-22-53(47)69(64(55)63)41-28-33-61-50(36-41)44-18-8-13-25-58(44)72-61/h1-37H. The summed E-state index contributed by atoms with van der Waals surface area (Å²) in [5.74, 6) is 0. The Bertz CT molecular complexity index is 5180. The third kappa shape index (κ3) is 5.32. The minimum Gasteiger partial charge on any atom is -0.456 e. The number of hydrogen-bond acceptors (Lipinski definition) is 5. The fourth-order valence-electron chi connectivity index (χ4n) is 12.2. The number of fused-ring (bicyclic) bond motifs is 20. The van der Waals surface area contributed by atoms with Gasteiger partial charge in [0.2, 0.25) is 0 Å². The Kier molecular flexibility index (Phi) is 7.61. The molecule has 0 aliphatic rings. The summed E-state index contributed by atoms with van der Waals surface area (Å²) in [7, 11) is 0. The van der Waals surface area contributed by atoms with Gasteiger partial charge in [0.1, 0.15) is 44.7 Å². The summed E-state index contributed by atoms with van der Waals surface area (Å²) in [6, 6.07) is 79.5. The molecule has 17 aromatic rings. The summed E-state index contributed by atoms with van der Waals surface area (Å²) < 4.78 is 31.5. The lowest BCUT2D eigenvalue weighted by atomic mass is 10.0. The molecule has 17 rings (SSSR count). The van der Waals surface area contributed by atoms with Gasteiger partial charge in [-0.25, -0.2) is 0 Å². The fourth-order valence-corrected chi connectivity index (χ4v) is 12.2. The maximum Gasteiger partial charge on any atom is 0.145 e. The summed E-state index contributed by atoms with van der Waals surface area (Å²) in [5.41, 5.74) is 16.2. The smallest absolute Gasteiger partial charge is 0.145 e. The summed E-state index contributed by atoms with van der Waals surface area (Å²) in [6.45, 7) is 0. The summed E-state index contributed by atoms with van der Waals surface area (Å²) in [4.78, 5) is 2.41. The van der Waals surface area contributed by atoms with Crippen molar-refractivity contribution < 1.29 is 17.7 Å². The van der Waals surface area contributed by atoms with Gasteiger partial charge in [-0.15, -0.1) is 0 Å². The van der Waals surface area contributed by atoms with E-state index in [9.17, 15) is 0 Å². The number of aromatic nitrogens is 2. The molecule has 73 heavy (non-hydrogen) atoms. The van der Waals surface area contributed by atoms with Gasteiger partial charge in [-0.3, -0.25) is 0 Å². The Morgan fingerprint density at radius 1 is 0.274 bits per heavy atom. The van der Waals surface area contributed by atoms with Crippen LogP contribution in [0.25, 0.3) is 143 Å². The molecular weight excluding hydrogens is 899 g/mol. The largest absolute Gasteiger partial charge is 0.456 e. The number of anilines is 3. The molecule has 0 bridgehead atoms. The molecule has 0 N–H and O–H groups in total. The molecule has 7 nitrogen and oxygen atoms in total. The lowest BCUT2D eigenvalue weighted by molar-refractivity contribution is 0.668. The first-order chi connectivity index (χ1) is 36.2. The molecule has 0 unspecified atom stereocenters. The molecule has 11 aromatic carbocycles. The van der Waals surface area contributed by atoms with Crippen molar-refractivity contribution in [2.24, 2.45) is 0 Å². The van der Waals surface area contributed by atoms with Crippen molar-refractivity contribution in [3.05, 3.63) is 224 Å². The number of rotatable bonds is 5. The van der Waals surface area contributed by atoms with Gasteiger partial charge in [0.25, 0.3) is 0 Å². The van der Waals surface area contributed by atoms with Gasteiger partial charge in [0.05, 0.1) is 38.5 Å². The summed E-state index contributed by atoms with van der Waals surface area (Å²) in [5, 5.41) is 12.8. The van der Waals surface area contributed by atoms with E-state index >= 15 is 0 Å². The van der Waals surface area contributed by atoms with Gasteiger partial charge in [-0.05, 0) is 115 Å². The van der Waals surface area contributed by atoms with Crippen molar-refractivity contribution >= 4 is 148 Å². The molecule has 0 saturated heterocycles. The molecule has 0 spiro atoms. The SMILES string of the molecule is c1ccc(N(c2ccc3oc4ccccc4c3c2)c2cc3c4ccc5c(c6ccccc6n5-c5ccc6oc7ccccc7c6c5)c4oc3c3c4ccccc4n(-c4ccc5oc6ccccc6c5c4)c23)cc1. The van der Waals surface area contributed by atoms with Crippen LogP contribution < -0.4 is 4.90 Å². The first-order valence-corrected chi connectivity index (χ1v) is 24.6. The molecule has 6 aromatic heterocycles. The third-order valence-corrected chi connectivity index (χ3v) is 15.3. The van der Waals surface area contributed by atoms with Crippen molar-refractivity contribution in [3.63, 3.8) is 0 Å².